The molecule has 1 aromatic rings. The smallest absolute Gasteiger partial charge is 0.352 e. The SMILES string of the molecule is CCC(=O)NCc1ccc(C(F)(F)F)nc1SC1CCCCC1. The van der Waals surface area contributed by atoms with E-state index in [2.05, 4.69) is 10.3 Å². The molecular weight excluding hydrogens is 325 g/mol. The number of aromatic nitrogens is 1. The van der Waals surface area contributed by atoms with Gasteiger partial charge in [0.1, 0.15) is 10.7 Å². The molecule has 0 radical (unpaired) electrons. The summed E-state index contributed by atoms with van der Waals surface area (Å²) in [6.45, 7) is 1.95. The van der Waals surface area contributed by atoms with Crippen molar-refractivity contribution in [3.05, 3.63) is 23.4 Å². The Kier molecular flexibility index (Phi) is 6.33. The normalized spacial score (nSPS) is 16.3. The van der Waals surface area contributed by atoms with Gasteiger partial charge in [-0.25, -0.2) is 4.98 Å². The Balaban J connectivity index is 2.19. The van der Waals surface area contributed by atoms with Crippen molar-refractivity contribution in [2.45, 2.75) is 68.4 Å². The lowest BCUT2D eigenvalue weighted by Gasteiger charge is -2.22. The zero-order valence-electron chi connectivity index (χ0n) is 13.1. The third kappa shape index (κ3) is 5.41. The van der Waals surface area contributed by atoms with Gasteiger partial charge in [-0.05, 0) is 18.9 Å². The first-order chi connectivity index (χ1) is 10.9. The zero-order valence-corrected chi connectivity index (χ0v) is 13.9. The highest BCUT2D eigenvalue weighted by atomic mass is 32.2. The van der Waals surface area contributed by atoms with Crippen LogP contribution in [0.25, 0.3) is 0 Å². The van der Waals surface area contributed by atoms with Crippen molar-refractivity contribution in [1.29, 1.82) is 0 Å². The molecule has 7 heteroatoms. The summed E-state index contributed by atoms with van der Waals surface area (Å²) in [7, 11) is 0. The summed E-state index contributed by atoms with van der Waals surface area (Å²) in [6, 6.07) is 2.41. The van der Waals surface area contributed by atoms with Crippen LogP contribution in [-0.4, -0.2) is 16.1 Å². The fourth-order valence-electron chi connectivity index (χ4n) is 2.52. The van der Waals surface area contributed by atoms with E-state index in [0.717, 1.165) is 31.7 Å². The molecule has 3 nitrogen and oxygen atoms in total. The number of carbonyl (C=O) groups is 1. The number of carbonyl (C=O) groups excluding carboxylic acids is 1. The van der Waals surface area contributed by atoms with E-state index >= 15 is 0 Å². The average molecular weight is 346 g/mol. The van der Waals surface area contributed by atoms with Gasteiger partial charge in [-0.15, -0.1) is 11.8 Å². The molecule has 0 saturated heterocycles. The summed E-state index contributed by atoms with van der Waals surface area (Å²) in [5.74, 6) is -0.126. The fourth-order valence-corrected chi connectivity index (χ4v) is 3.85. The van der Waals surface area contributed by atoms with Crippen molar-refractivity contribution >= 4 is 17.7 Å². The van der Waals surface area contributed by atoms with Crippen molar-refractivity contribution in [2.75, 3.05) is 0 Å². The van der Waals surface area contributed by atoms with E-state index in [1.54, 1.807) is 6.92 Å². The third-order valence-corrected chi connectivity index (χ3v) is 5.24. The first kappa shape index (κ1) is 18.1. The van der Waals surface area contributed by atoms with Gasteiger partial charge in [-0.2, -0.15) is 13.2 Å². The molecule has 0 bridgehead atoms. The highest BCUT2D eigenvalue weighted by molar-refractivity contribution is 7.99. The van der Waals surface area contributed by atoms with Crippen molar-refractivity contribution in [3.8, 4) is 0 Å². The van der Waals surface area contributed by atoms with Gasteiger partial charge >= 0.3 is 6.18 Å². The number of nitrogens with zero attached hydrogens (tertiary/aromatic N) is 1. The molecule has 1 N–H and O–H groups in total. The molecule has 2 rings (SSSR count). The molecule has 0 aromatic carbocycles. The van der Waals surface area contributed by atoms with Crippen LogP contribution in [0.1, 0.15) is 56.7 Å². The molecule has 128 valence electrons. The maximum atomic E-state index is 12.9. The topological polar surface area (TPSA) is 42.0 Å². The molecule has 1 heterocycles. The van der Waals surface area contributed by atoms with Crippen LogP contribution in [0, 0.1) is 0 Å². The largest absolute Gasteiger partial charge is 0.433 e. The lowest BCUT2D eigenvalue weighted by atomic mass is 10.0. The molecule has 1 aliphatic rings. The van der Waals surface area contributed by atoms with Crippen LogP contribution in [0.15, 0.2) is 17.2 Å². The predicted octanol–water partition coefficient (Wildman–Crippen LogP) is 4.55. The van der Waals surface area contributed by atoms with Crippen molar-refractivity contribution in [2.24, 2.45) is 0 Å². The minimum absolute atomic E-state index is 0.126. The molecule has 0 unspecified atom stereocenters. The number of rotatable bonds is 5. The van der Waals surface area contributed by atoms with E-state index in [1.807, 2.05) is 0 Å². The van der Waals surface area contributed by atoms with Gasteiger partial charge in [0.25, 0.3) is 0 Å². The molecule has 1 amide bonds. The van der Waals surface area contributed by atoms with Gasteiger partial charge < -0.3 is 5.32 Å². The number of amides is 1. The molecule has 1 saturated carbocycles. The molecular formula is C16H21F3N2OS. The van der Waals surface area contributed by atoms with Crippen LogP contribution >= 0.6 is 11.8 Å². The first-order valence-electron chi connectivity index (χ1n) is 7.90. The predicted molar refractivity (Wildman–Crippen MR) is 84.1 cm³/mol. The van der Waals surface area contributed by atoms with Gasteiger partial charge in [0, 0.05) is 23.8 Å². The number of nitrogens with one attached hydrogen (secondary N) is 1. The Morgan fingerprint density at radius 1 is 1.30 bits per heavy atom. The van der Waals surface area contributed by atoms with Crippen LogP contribution in [0.3, 0.4) is 0 Å². The quantitative estimate of drug-likeness (QED) is 0.850. The van der Waals surface area contributed by atoms with Gasteiger partial charge in [0.15, 0.2) is 0 Å². The molecule has 0 spiro atoms. The Labute approximate surface area is 138 Å². The van der Waals surface area contributed by atoms with Crippen LogP contribution in [0.4, 0.5) is 13.2 Å². The van der Waals surface area contributed by atoms with Crippen LogP contribution in [0.5, 0.6) is 0 Å². The van der Waals surface area contributed by atoms with Gasteiger partial charge in [-0.1, -0.05) is 32.3 Å². The zero-order chi connectivity index (χ0) is 16.9. The second kappa shape index (κ2) is 8.04. The van der Waals surface area contributed by atoms with E-state index in [9.17, 15) is 18.0 Å². The third-order valence-electron chi connectivity index (χ3n) is 3.86. The number of alkyl halides is 3. The number of pyridine rings is 1. The maximum absolute atomic E-state index is 12.9. The van der Waals surface area contributed by atoms with E-state index in [4.69, 9.17) is 0 Å². The van der Waals surface area contributed by atoms with E-state index < -0.39 is 11.9 Å². The first-order valence-corrected chi connectivity index (χ1v) is 8.78. The average Bonchev–Trinajstić information content (AvgIpc) is 2.53. The van der Waals surface area contributed by atoms with Crippen LogP contribution in [0.2, 0.25) is 0 Å². The summed E-state index contributed by atoms with van der Waals surface area (Å²) in [6.07, 6.45) is 1.31. The minimum atomic E-state index is -4.45. The standard InChI is InChI=1S/C16H21F3N2OS/c1-2-14(22)20-10-11-8-9-13(16(17,18)19)21-15(11)23-12-6-4-3-5-7-12/h8-9,12H,2-7,10H2,1H3,(H,20,22). The minimum Gasteiger partial charge on any atom is -0.352 e. The van der Waals surface area contributed by atoms with Gasteiger partial charge in [0.2, 0.25) is 5.91 Å². The van der Waals surface area contributed by atoms with E-state index in [-0.39, 0.29) is 12.5 Å². The van der Waals surface area contributed by atoms with Crippen LogP contribution in [-0.2, 0) is 17.5 Å². The number of hydrogen-bond donors (Lipinski definition) is 1. The Bertz CT molecular complexity index is 543. The Morgan fingerprint density at radius 3 is 2.61 bits per heavy atom. The molecule has 1 fully saturated rings. The van der Waals surface area contributed by atoms with Crippen molar-refractivity contribution in [1.82, 2.24) is 10.3 Å². The number of hydrogen-bond acceptors (Lipinski definition) is 3. The van der Waals surface area contributed by atoms with E-state index in [0.29, 0.717) is 22.3 Å². The van der Waals surface area contributed by atoms with Crippen molar-refractivity contribution < 1.29 is 18.0 Å². The summed E-state index contributed by atoms with van der Waals surface area (Å²) < 4.78 is 38.7. The number of halogens is 3. The molecule has 1 aromatic heterocycles. The fraction of sp³-hybridized carbons (Fsp3) is 0.625. The Morgan fingerprint density at radius 2 is 2.00 bits per heavy atom. The van der Waals surface area contributed by atoms with Gasteiger partial charge in [-0.3, -0.25) is 4.79 Å². The highest BCUT2D eigenvalue weighted by Crippen LogP contribution is 2.36. The molecule has 0 aliphatic heterocycles. The highest BCUT2D eigenvalue weighted by Gasteiger charge is 2.33. The summed E-state index contributed by atoms with van der Waals surface area (Å²) in [5.41, 5.74) is -0.225. The van der Waals surface area contributed by atoms with Crippen LogP contribution < -0.4 is 5.32 Å². The second-order valence-corrected chi connectivity index (χ2v) is 6.96. The Hall–Kier alpha value is -1.24. The second-order valence-electron chi connectivity index (χ2n) is 5.67. The summed E-state index contributed by atoms with van der Waals surface area (Å²) in [4.78, 5) is 15.2. The molecule has 0 atom stereocenters. The van der Waals surface area contributed by atoms with Gasteiger partial charge in [0.05, 0.1) is 0 Å². The maximum Gasteiger partial charge on any atom is 0.433 e. The number of thioether (sulfide) groups is 1. The van der Waals surface area contributed by atoms with Crippen molar-refractivity contribution in [3.63, 3.8) is 0 Å². The monoisotopic (exact) mass is 346 g/mol. The summed E-state index contributed by atoms with van der Waals surface area (Å²) >= 11 is 1.42. The lowest BCUT2D eigenvalue weighted by molar-refractivity contribution is -0.141. The molecule has 1 aliphatic carbocycles. The molecule has 23 heavy (non-hydrogen) atoms. The van der Waals surface area contributed by atoms with E-state index in [1.165, 1.54) is 24.2 Å². The lowest BCUT2D eigenvalue weighted by Crippen LogP contribution is -2.22. The summed E-state index contributed by atoms with van der Waals surface area (Å²) in [5, 5.41) is 3.41.